The minimum atomic E-state index is -0.276. The van der Waals surface area contributed by atoms with Crippen LogP contribution < -0.4 is 75.3 Å². The maximum absolute atomic E-state index is 11.1. The standard InChI is InChI=1S/C77H162N19O/c1-57(2)40-66(46-82-29-32-86-68(42-59(5)6)48-90-67(41-58(3)4)47-85-36-39-95-37-20-23-73(95)52-94-75(64(15)16)54-81-26-19-24-77(79)97)91-50-70(44-61(9)10)93-55-76(65(17)18)89-35-31-83-51-72-22-21-38-96(72)56-71(45-62(11)12)92-49-69(43-60(7)8)87-33-30-84-53-74(63(13)14)88-34-28-80-27-25-78/h26,29,31,36,57-76,80,84-94H,19-25,27-28,30,32-35,37-56,78H2,1-18H3,(H2,79,97)/t66-,67-,68-,69-,70-,71-,72-,73-,74+,75+,76+/m0/s1. The molecule has 2 aliphatic rings. The second-order valence-corrected chi connectivity index (χ2v) is 32.9. The van der Waals surface area contributed by atoms with Gasteiger partial charge in [0.25, 0.3) is 0 Å². The Bertz CT molecular complexity index is 1940. The fourth-order valence-electron chi connectivity index (χ4n) is 14.0. The summed E-state index contributed by atoms with van der Waals surface area (Å²) in [5, 5.41) is 46.2. The van der Waals surface area contributed by atoms with E-state index in [0.717, 1.165) is 157 Å². The number of hydrogen-bond acceptors (Lipinski definition) is 19. The maximum Gasteiger partial charge on any atom is 0.217 e. The summed E-state index contributed by atoms with van der Waals surface area (Å²) in [6, 6.07) is 4.50. The molecule has 0 spiro atoms. The second-order valence-electron chi connectivity index (χ2n) is 32.9. The molecule has 16 N–H and O–H groups in total. The van der Waals surface area contributed by atoms with Crippen LogP contribution in [0.5, 0.6) is 0 Å². The van der Waals surface area contributed by atoms with Crippen LogP contribution in [0.3, 0.4) is 0 Å². The molecule has 2 heterocycles. The number of aliphatic imine (C=N–C) groups is 3. The zero-order chi connectivity index (χ0) is 71.8. The van der Waals surface area contributed by atoms with E-state index in [2.05, 4.69) is 222 Å². The first-order valence-electron chi connectivity index (χ1n) is 39.8. The van der Waals surface area contributed by atoms with E-state index in [0.29, 0.717) is 139 Å². The van der Waals surface area contributed by atoms with Gasteiger partial charge in [-0.2, -0.15) is 0 Å². The number of nitrogens with two attached hydrogens (primary N) is 2. The van der Waals surface area contributed by atoms with Crippen LogP contribution >= 0.6 is 0 Å². The Morgan fingerprint density at radius 2 is 0.938 bits per heavy atom. The van der Waals surface area contributed by atoms with Gasteiger partial charge in [0, 0.05) is 203 Å². The third-order valence-corrected chi connectivity index (χ3v) is 19.4. The third-order valence-electron chi connectivity index (χ3n) is 19.4. The number of hydrogen-bond donors (Lipinski definition) is 14. The summed E-state index contributed by atoms with van der Waals surface area (Å²) in [6.07, 6.45) is 18.9. The van der Waals surface area contributed by atoms with E-state index >= 15 is 0 Å². The van der Waals surface area contributed by atoms with Crippen LogP contribution in [0.25, 0.3) is 0 Å². The van der Waals surface area contributed by atoms with Crippen LogP contribution in [0.15, 0.2) is 15.0 Å². The monoisotopic (exact) mass is 1370 g/mol. The summed E-state index contributed by atoms with van der Waals surface area (Å²) >= 11 is 0. The average Bonchev–Trinajstić information content (AvgIpc) is 1.84. The van der Waals surface area contributed by atoms with Crippen LogP contribution in [-0.4, -0.2) is 245 Å². The maximum atomic E-state index is 11.1. The minimum Gasteiger partial charge on any atom is -0.370 e. The van der Waals surface area contributed by atoms with Gasteiger partial charge in [-0.25, -0.2) is 0 Å². The summed E-state index contributed by atoms with van der Waals surface area (Å²) in [6.45, 7) is 64.6. The summed E-state index contributed by atoms with van der Waals surface area (Å²) in [5.41, 5.74) is 11.0. The quantitative estimate of drug-likeness (QED) is 0.0213. The molecule has 1 amide bonds. The van der Waals surface area contributed by atoms with Gasteiger partial charge >= 0.3 is 0 Å². The molecule has 1 radical (unpaired) electrons. The molecule has 11 atom stereocenters. The van der Waals surface area contributed by atoms with Gasteiger partial charge in [0.15, 0.2) is 0 Å². The number of nitrogens with one attached hydrogen (secondary N) is 12. The molecule has 0 unspecified atom stereocenters. The summed E-state index contributed by atoms with van der Waals surface area (Å²) in [4.78, 5) is 31.3. The molecule has 0 aromatic heterocycles. The van der Waals surface area contributed by atoms with Crippen LogP contribution in [0, 0.1) is 59.8 Å². The normalized spacial score (nSPS) is 19.2. The predicted molar refractivity (Wildman–Crippen MR) is 422 cm³/mol. The minimum absolute atomic E-state index is 0.276. The summed E-state index contributed by atoms with van der Waals surface area (Å²) in [5.74, 6) is 4.92. The van der Waals surface area contributed by atoms with Crippen molar-refractivity contribution in [2.24, 2.45) is 79.7 Å². The summed E-state index contributed by atoms with van der Waals surface area (Å²) in [7, 11) is 0. The van der Waals surface area contributed by atoms with Crippen molar-refractivity contribution in [3.8, 4) is 0 Å². The highest BCUT2D eigenvalue weighted by Crippen LogP contribution is 2.21. The third kappa shape index (κ3) is 47.7. The molecule has 2 aliphatic heterocycles. The highest BCUT2D eigenvalue weighted by molar-refractivity contribution is 5.76. The van der Waals surface area contributed by atoms with Gasteiger partial charge in [0.2, 0.25) is 5.91 Å². The highest BCUT2D eigenvalue weighted by atomic mass is 16.1. The fraction of sp³-hybridized carbons (Fsp3) is 0.935. The molecule has 571 valence electrons. The predicted octanol–water partition coefficient (Wildman–Crippen LogP) is 7.15. The first-order chi connectivity index (χ1) is 46.3. The molecule has 20 nitrogen and oxygen atoms in total. The SMILES string of the molecule is CC(C)C[C@@H](CN=CCN[C@H](CN[C@H](CN[CH]CN1CCC[C@H]1CN[C@H](CN=CCCC(N)=O)C(C)C)CC(C)C)CC(C)C)NC[C@H](CC(C)C)NC[C@@H](NCC=NC[C@@H]1CCCN1C[C@H](CC(C)C)NC[C@H](CC(C)C)NCCNC[C@@H](NCCNCCN)C(C)C)C(C)C. The lowest BCUT2D eigenvalue weighted by Crippen LogP contribution is -2.50. The largest absolute Gasteiger partial charge is 0.370 e. The number of carbonyl (C=O) groups excluding carboxylic acids is 1. The molecule has 0 aromatic rings. The number of carbonyl (C=O) groups is 1. The molecular weight excluding hydrogens is 1210 g/mol. The zero-order valence-corrected chi connectivity index (χ0v) is 66.2. The van der Waals surface area contributed by atoms with Gasteiger partial charge in [-0.1, -0.05) is 125 Å². The number of likely N-dealkylation sites (tertiary alicyclic amines) is 2. The molecule has 0 saturated carbocycles. The van der Waals surface area contributed by atoms with Crippen molar-refractivity contribution in [1.29, 1.82) is 0 Å². The van der Waals surface area contributed by atoms with E-state index in [1.807, 2.05) is 6.21 Å². The van der Waals surface area contributed by atoms with Crippen molar-refractivity contribution in [2.45, 2.75) is 268 Å². The fourth-order valence-corrected chi connectivity index (χ4v) is 14.0. The number of rotatable bonds is 64. The van der Waals surface area contributed by atoms with E-state index in [1.54, 1.807) is 0 Å². The molecule has 20 heteroatoms. The van der Waals surface area contributed by atoms with Crippen molar-refractivity contribution in [3.05, 3.63) is 6.54 Å². The lowest BCUT2D eigenvalue weighted by atomic mass is 9.99. The van der Waals surface area contributed by atoms with Gasteiger partial charge < -0.3 is 75.3 Å². The smallest absolute Gasteiger partial charge is 0.217 e. The number of amides is 1. The van der Waals surface area contributed by atoms with Crippen LogP contribution in [0.2, 0.25) is 0 Å². The van der Waals surface area contributed by atoms with E-state index in [1.165, 1.54) is 45.1 Å². The average molecular weight is 1370 g/mol. The Morgan fingerprint density at radius 3 is 1.55 bits per heavy atom. The number of nitrogens with zero attached hydrogens (tertiary/aromatic N) is 5. The Kier molecular flexibility index (Phi) is 52.8. The van der Waals surface area contributed by atoms with E-state index in [4.69, 9.17) is 21.5 Å². The van der Waals surface area contributed by atoms with Crippen molar-refractivity contribution in [2.75, 3.05) is 144 Å². The lowest BCUT2D eigenvalue weighted by Gasteiger charge is -2.31. The van der Waals surface area contributed by atoms with Gasteiger partial charge in [-0.05, 0) is 143 Å². The van der Waals surface area contributed by atoms with Crippen LogP contribution in [0.4, 0.5) is 0 Å². The van der Waals surface area contributed by atoms with E-state index in [9.17, 15) is 4.79 Å². The van der Waals surface area contributed by atoms with Crippen molar-refractivity contribution >= 4 is 24.6 Å². The van der Waals surface area contributed by atoms with Crippen LogP contribution in [0.1, 0.15) is 202 Å². The van der Waals surface area contributed by atoms with E-state index < -0.39 is 0 Å². The van der Waals surface area contributed by atoms with Crippen LogP contribution in [-0.2, 0) is 4.79 Å². The molecule has 0 aromatic carbocycles. The van der Waals surface area contributed by atoms with Gasteiger partial charge in [0.1, 0.15) is 0 Å². The Morgan fingerprint density at radius 1 is 0.454 bits per heavy atom. The van der Waals surface area contributed by atoms with Crippen molar-refractivity contribution in [3.63, 3.8) is 0 Å². The highest BCUT2D eigenvalue weighted by Gasteiger charge is 2.29. The zero-order valence-electron chi connectivity index (χ0n) is 66.2. The molecule has 0 aliphatic carbocycles. The topological polar surface area (TPSA) is 257 Å². The Balaban J connectivity index is 1.89. The number of primary amides is 1. The first kappa shape index (κ1) is 91.0. The van der Waals surface area contributed by atoms with Gasteiger partial charge in [0.05, 0.1) is 19.6 Å². The van der Waals surface area contributed by atoms with E-state index in [-0.39, 0.29) is 5.91 Å². The lowest BCUT2D eigenvalue weighted by molar-refractivity contribution is -0.117. The molecule has 2 rings (SSSR count). The Hall–Kier alpha value is -2.12. The second kappa shape index (κ2) is 56.4. The van der Waals surface area contributed by atoms with Crippen molar-refractivity contribution in [1.82, 2.24) is 73.6 Å². The Labute approximate surface area is 598 Å². The molecule has 0 bridgehead atoms. The summed E-state index contributed by atoms with van der Waals surface area (Å²) < 4.78 is 0. The molecule has 97 heavy (non-hydrogen) atoms. The first-order valence-corrected chi connectivity index (χ1v) is 39.8. The van der Waals surface area contributed by atoms with Gasteiger partial charge in [-0.15, -0.1) is 0 Å². The molecule has 2 saturated heterocycles. The van der Waals surface area contributed by atoms with Crippen molar-refractivity contribution < 1.29 is 4.79 Å². The van der Waals surface area contributed by atoms with Gasteiger partial charge in [-0.3, -0.25) is 29.6 Å². The molecule has 2 fully saturated rings. The molecular formula is C77H162N19O.